The second kappa shape index (κ2) is 5.09. The molecule has 0 fully saturated rings. The zero-order valence-electron chi connectivity index (χ0n) is 9.64. The van der Waals surface area contributed by atoms with Crippen molar-refractivity contribution < 1.29 is 14.6 Å². The summed E-state index contributed by atoms with van der Waals surface area (Å²) in [4.78, 5) is 19.7. The van der Waals surface area contributed by atoms with Gasteiger partial charge in [0.15, 0.2) is 0 Å². The number of nitrogens with zero attached hydrogens (tertiary/aromatic N) is 2. The zero-order valence-corrected chi connectivity index (χ0v) is 9.64. The third-order valence-corrected chi connectivity index (χ3v) is 2.85. The summed E-state index contributed by atoms with van der Waals surface area (Å²) < 4.78 is 4.59. The van der Waals surface area contributed by atoms with Crippen molar-refractivity contribution in [1.82, 2.24) is 9.97 Å². The number of aromatic nitrogens is 2. The molecule has 1 unspecified atom stereocenters. The van der Waals surface area contributed by atoms with Crippen LogP contribution < -0.4 is 5.32 Å². The lowest BCUT2D eigenvalue weighted by Gasteiger charge is -2.16. The van der Waals surface area contributed by atoms with Gasteiger partial charge in [-0.2, -0.15) is 0 Å². The van der Waals surface area contributed by atoms with E-state index >= 15 is 0 Å². The SMILES string of the molecule is COC(=O)C(CO)Nc1ncnc2c1CCC2. The van der Waals surface area contributed by atoms with Crippen molar-refractivity contribution in [3.8, 4) is 0 Å². The lowest BCUT2D eigenvalue weighted by atomic mass is 10.2. The number of carbonyl (C=O) groups excluding carboxylic acids is 1. The predicted molar refractivity (Wildman–Crippen MR) is 60.6 cm³/mol. The van der Waals surface area contributed by atoms with E-state index in [1.54, 1.807) is 0 Å². The van der Waals surface area contributed by atoms with E-state index in [2.05, 4.69) is 20.0 Å². The first-order valence-corrected chi connectivity index (χ1v) is 5.54. The van der Waals surface area contributed by atoms with E-state index in [0.717, 1.165) is 30.5 Å². The number of carbonyl (C=O) groups is 1. The van der Waals surface area contributed by atoms with Crippen LogP contribution in [0.5, 0.6) is 0 Å². The summed E-state index contributed by atoms with van der Waals surface area (Å²) in [5.41, 5.74) is 2.05. The highest BCUT2D eigenvalue weighted by atomic mass is 16.5. The number of anilines is 1. The molecule has 0 saturated carbocycles. The van der Waals surface area contributed by atoms with Crippen LogP contribution in [0.1, 0.15) is 17.7 Å². The fraction of sp³-hybridized carbons (Fsp3) is 0.545. The number of rotatable bonds is 4. The van der Waals surface area contributed by atoms with E-state index in [0.29, 0.717) is 5.82 Å². The van der Waals surface area contributed by atoms with Crippen molar-refractivity contribution in [1.29, 1.82) is 0 Å². The fourth-order valence-electron chi connectivity index (χ4n) is 1.97. The number of aliphatic hydroxyl groups is 1. The van der Waals surface area contributed by atoms with Gasteiger partial charge in [-0.1, -0.05) is 0 Å². The molecule has 0 aliphatic heterocycles. The van der Waals surface area contributed by atoms with Crippen LogP contribution in [0.3, 0.4) is 0 Å². The number of ether oxygens (including phenoxy) is 1. The number of aliphatic hydroxyl groups excluding tert-OH is 1. The highest BCUT2D eigenvalue weighted by molar-refractivity contribution is 5.79. The van der Waals surface area contributed by atoms with Gasteiger partial charge in [0.05, 0.1) is 13.7 Å². The molecule has 1 aliphatic carbocycles. The largest absolute Gasteiger partial charge is 0.467 e. The fourth-order valence-corrected chi connectivity index (χ4v) is 1.97. The average Bonchev–Trinajstić information content (AvgIpc) is 2.83. The van der Waals surface area contributed by atoms with Gasteiger partial charge in [0.1, 0.15) is 18.2 Å². The summed E-state index contributed by atoms with van der Waals surface area (Å²) in [6, 6.07) is -0.778. The van der Waals surface area contributed by atoms with Crippen LogP contribution in [-0.2, 0) is 22.4 Å². The Morgan fingerprint density at radius 2 is 2.41 bits per heavy atom. The van der Waals surface area contributed by atoms with Gasteiger partial charge in [-0.15, -0.1) is 0 Å². The third-order valence-electron chi connectivity index (χ3n) is 2.85. The van der Waals surface area contributed by atoms with Gasteiger partial charge in [0.2, 0.25) is 0 Å². The Morgan fingerprint density at radius 1 is 1.59 bits per heavy atom. The van der Waals surface area contributed by atoms with E-state index in [-0.39, 0.29) is 6.61 Å². The molecule has 0 spiro atoms. The first-order valence-electron chi connectivity index (χ1n) is 5.54. The molecule has 1 atom stereocenters. The summed E-state index contributed by atoms with van der Waals surface area (Å²) in [5.74, 6) is 0.120. The second-order valence-electron chi connectivity index (χ2n) is 3.90. The summed E-state index contributed by atoms with van der Waals surface area (Å²) in [7, 11) is 1.29. The van der Waals surface area contributed by atoms with Crippen LogP contribution in [0.25, 0.3) is 0 Å². The Morgan fingerprint density at radius 3 is 3.12 bits per heavy atom. The topological polar surface area (TPSA) is 84.3 Å². The first kappa shape index (κ1) is 11.8. The van der Waals surface area contributed by atoms with Crippen LogP contribution >= 0.6 is 0 Å². The molecule has 0 radical (unpaired) electrons. The minimum atomic E-state index is -0.778. The van der Waals surface area contributed by atoms with Crippen molar-refractivity contribution in [3.05, 3.63) is 17.6 Å². The van der Waals surface area contributed by atoms with Crippen molar-refractivity contribution in [2.45, 2.75) is 25.3 Å². The first-order chi connectivity index (χ1) is 8.26. The molecule has 0 aromatic carbocycles. The molecule has 6 nitrogen and oxygen atoms in total. The summed E-state index contributed by atoms with van der Waals surface area (Å²) >= 11 is 0. The molecule has 1 aromatic heterocycles. The Labute approximate surface area is 99.0 Å². The Hall–Kier alpha value is -1.69. The quantitative estimate of drug-likeness (QED) is 0.712. The van der Waals surface area contributed by atoms with Gasteiger partial charge < -0.3 is 15.2 Å². The van der Waals surface area contributed by atoms with Crippen molar-refractivity contribution in [2.24, 2.45) is 0 Å². The molecule has 92 valence electrons. The van der Waals surface area contributed by atoms with Crippen LogP contribution in [0.2, 0.25) is 0 Å². The second-order valence-corrected chi connectivity index (χ2v) is 3.90. The summed E-state index contributed by atoms with van der Waals surface area (Å²) in [5, 5.41) is 12.0. The van der Waals surface area contributed by atoms with Crippen LogP contribution in [0.4, 0.5) is 5.82 Å². The van der Waals surface area contributed by atoms with Gasteiger partial charge >= 0.3 is 5.97 Å². The molecule has 0 amide bonds. The van der Waals surface area contributed by atoms with E-state index in [9.17, 15) is 4.79 Å². The van der Waals surface area contributed by atoms with Crippen LogP contribution in [0, 0.1) is 0 Å². The minimum absolute atomic E-state index is 0.328. The summed E-state index contributed by atoms with van der Waals surface area (Å²) in [6.07, 6.45) is 4.36. The van der Waals surface area contributed by atoms with Gasteiger partial charge in [0.25, 0.3) is 0 Å². The molecule has 6 heteroatoms. The zero-order chi connectivity index (χ0) is 12.3. The number of methoxy groups -OCH3 is 1. The van der Waals surface area contributed by atoms with Gasteiger partial charge in [-0.25, -0.2) is 14.8 Å². The standard InChI is InChI=1S/C11H15N3O3/c1-17-11(16)9(5-15)14-10-7-3-2-4-8(7)12-6-13-10/h6,9,15H,2-5H2,1H3,(H,12,13,14). The lowest BCUT2D eigenvalue weighted by Crippen LogP contribution is -2.34. The van der Waals surface area contributed by atoms with Crippen LogP contribution in [-0.4, -0.2) is 40.8 Å². The normalized spacial score (nSPS) is 15.2. The average molecular weight is 237 g/mol. The molecule has 2 N–H and O–H groups in total. The number of hydrogen-bond donors (Lipinski definition) is 2. The Bertz CT molecular complexity index is 422. The lowest BCUT2D eigenvalue weighted by molar-refractivity contribution is -0.142. The monoisotopic (exact) mass is 237 g/mol. The minimum Gasteiger partial charge on any atom is -0.467 e. The molecule has 1 heterocycles. The van der Waals surface area contributed by atoms with Gasteiger partial charge in [-0.3, -0.25) is 0 Å². The van der Waals surface area contributed by atoms with Gasteiger partial charge in [0, 0.05) is 11.3 Å². The molecular weight excluding hydrogens is 222 g/mol. The molecule has 1 aromatic rings. The number of fused-ring (bicyclic) bond motifs is 1. The maximum absolute atomic E-state index is 11.4. The molecular formula is C11H15N3O3. The maximum atomic E-state index is 11.4. The summed E-state index contributed by atoms with van der Waals surface area (Å²) in [6.45, 7) is -0.328. The Kier molecular flexibility index (Phi) is 3.53. The van der Waals surface area contributed by atoms with Crippen molar-refractivity contribution >= 4 is 11.8 Å². The number of hydrogen-bond acceptors (Lipinski definition) is 6. The molecule has 0 saturated heterocycles. The van der Waals surface area contributed by atoms with Crippen molar-refractivity contribution in [2.75, 3.05) is 19.0 Å². The third kappa shape index (κ3) is 2.36. The Balaban J connectivity index is 2.18. The molecule has 0 bridgehead atoms. The number of aryl methyl sites for hydroxylation is 1. The van der Waals surface area contributed by atoms with E-state index in [1.807, 2.05) is 0 Å². The van der Waals surface area contributed by atoms with E-state index in [4.69, 9.17) is 5.11 Å². The highest BCUT2D eigenvalue weighted by Gasteiger charge is 2.22. The molecule has 2 rings (SSSR count). The number of esters is 1. The van der Waals surface area contributed by atoms with Gasteiger partial charge in [-0.05, 0) is 19.3 Å². The molecule has 17 heavy (non-hydrogen) atoms. The van der Waals surface area contributed by atoms with Crippen LogP contribution in [0.15, 0.2) is 6.33 Å². The molecule has 1 aliphatic rings. The highest BCUT2D eigenvalue weighted by Crippen LogP contribution is 2.25. The predicted octanol–water partition coefficient (Wildman–Crippen LogP) is -0.0889. The van der Waals surface area contributed by atoms with E-state index < -0.39 is 12.0 Å². The number of nitrogens with one attached hydrogen (secondary N) is 1. The van der Waals surface area contributed by atoms with E-state index in [1.165, 1.54) is 13.4 Å². The van der Waals surface area contributed by atoms with Crippen molar-refractivity contribution in [3.63, 3.8) is 0 Å². The smallest absolute Gasteiger partial charge is 0.330 e. The maximum Gasteiger partial charge on any atom is 0.330 e.